The summed E-state index contributed by atoms with van der Waals surface area (Å²) in [5.41, 5.74) is 2.71. The summed E-state index contributed by atoms with van der Waals surface area (Å²) in [5.74, 6) is 0.343. The van der Waals surface area contributed by atoms with E-state index >= 15 is 0 Å². The van der Waals surface area contributed by atoms with Crippen LogP contribution in [0.1, 0.15) is 32.1 Å². The van der Waals surface area contributed by atoms with Crippen LogP contribution >= 0.6 is 11.6 Å². The lowest BCUT2D eigenvalue weighted by molar-refractivity contribution is -0.385. The molecule has 0 amide bonds. The van der Waals surface area contributed by atoms with Gasteiger partial charge in [-0.25, -0.2) is 8.42 Å². The summed E-state index contributed by atoms with van der Waals surface area (Å²) in [6, 6.07) is 9.90. The second kappa shape index (κ2) is 9.23. The fourth-order valence-corrected chi connectivity index (χ4v) is 4.67. The van der Waals surface area contributed by atoms with E-state index in [9.17, 15) is 18.5 Å². The number of nitro benzene ring substituents is 1. The minimum absolute atomic E-state index is 0.141. The maximum atomic E-state index is 12.9. The molecule has 29 heavy (non-hydrogen) atoms. The van der Waals surface area contributed by atoms with Crippen LogP contribution in [0, 0.1) is 16.0 Å². The SMILES string of the molecule is O=[N+]([O-])c1ccc(NN=CC2CCCCC2)c(S(=O)(=O)Nc2ccccc2Cl)c1. The fourth-order valence-electron chi connectivity index (χ4n) is 3.18. The van der Waals surface area contributed by atoms with Crippen molar-refractivity contribution in [2.24, 2.45) is 11.0 Å². The molecule has 2 N–H and O–H groups in total. The summed E-state index contributed by atoms with van der Waals surface area (Å²) in [6.07, 6.45) is 7.38. The van der Waals surface area contributed by atoms with Gasteiger partial charge in [0.15, 0.2) is 0 Å². The maximum Gasteiger partial charge on any atom is 0.270 e. The first kappa shape index (κ1) is 21.1. The van der Waals surface area contributed by atoms with Crippen molar-refractivity contribution in [1.82, 2.24) is 0 Å². The summed E-state index contributed by atoms with van der Waals surface area (Å²) in [7, 11) is -4.15. The predicted octanol–water partition coefficient (Wildman–Crippen LogP) is 5.03. The van der Waals surface area contributed by atoms with Crippen LogP contribution < -0.4 is 10.1 Å². The zero-order valence-corrected chi connectivity index (χ0v) is 17.1. The van der Waals surface area contributed by atoms with Crippen molar-refractivity contribution in [3.8, 4) is 0 Å². The third-order valence-electron chi connectivity index (χ3n) is 4.70. The molecule has 0 heterocycles. The molecule has 1 aliphatic rings. The minimum atomic E-state index is -4.15. The number of nitrogens with zero attached hydrogens (tertiary/aromatic N) is 2. The molecule has 2 aromatic rings. The van der Waals surface area contributed by atoms with Crippen molar-refractivity contribution in [2.45, 2.75) is 37.0 Å². The molecule has 8 nitrogen and oxygen atoms in total. The Morgan fingerprint density at radius 2 is 1.83 bits per heavy atom. The largest absolute Gasteiger partial charge is 0.278 e. The van der Waals surface area contributed by atoms with Crippen molar-refractivity contribution in [1.29, 1.82) is 0 Å². The highest BCUT2D eigenvalue weighted by atomic mass is 35.5. The smallest absolute Gasteiger partial charge is 0.270 e. The molecule has 0 unspecified atom stereocenters. The number of nitro groups is 1. The number of hydrogen-bond acceptors (Lipinski definition) is 6. The second-order valence-corrected chi connectivity index (χ2v) is 8.87. The van der Waals surface area contributed by atoms with Gasteiger partial charge in [-0.2, -0.15) is 5.10 Å². The fraction of sp³-hybridized carbons (Fsp3) is 0.316. The number of nitrogens with one attached hydrogen (secondary N) is 2. The van der Waals surface area contributed by atoms with Gasteiger partial charge in [0.2, 0.25) is 0 Å². The monoisotopic (exact) mass is 436 g/mol. The normalized spacial score (nSPS) is 15.3. The number of anilines is 2. The van der Waals surface area contributed by atoms with E-state index in [0.717, 1.165) is 31.7 Å². The van der Waals surface area contributed by atoms with Crippen molar-refractivity contribution in [2.75, 3.05) is 10.1 Å². The Morgan fingerprint density at radius 1 is 1.10 bits per heavy atom. The molecule has 1 aliphatic carbocycles. The number of hydrazone groups is 1. The number of sulfonamides is 1. The van der Waals surface area contributed by atoms with Crippen LogP contribution in [0.25, 0.3) is 0 Å². The Labute approximate surface area is 174 Å². The zero-order chi connectivity index (χ0) is 20.9. The quantitative estimate of drug-likeness (QED) is 0.359. The van der Waals surface area contributed by atoms with Crippen LogP contribution in [-0.4, -0.2) is 19.6 Å². The molecule has 154 valence electrons. The van der Waals surface area contributed by atoms with Crippen LogP contribution in [0.4, 0.5) is 17.1 Å². The van der Waals surface area contributed by atoms with E-state index in [0.29, 0.717) is 5.92 Å². The van der Waals surface area contributed by atoms with Crippen LogP contribution in [0.5, 0.6) is 0 Å². The van der Waals surface area contributed by atoms with Gasteiger partial charge in [0.05, 0.1) is 21.3 Å². The Balaban J connectivity index is 1.89. The van der Waals surface area contributed by atoms with Gasteiger partial charge in [-0.1, -0.05) is 43.0 Å². The number of benzene rings is 2. The van der Waals surface area contributed by atoms with Crippen LogP contribution in [0.15, 0.2) is 52.5 Å². The number of halogens is 1. The molecule has 1 fully saturated rings. The Hall–Kier alpha value is -2.65. The van der Waals surface area contributed by atoms with Crippen molar-refractivity contribution in [3.63, 3.8) is 0 Å². The molecule has 0 spiro atoms. The number of para-hydroxylation sites is 1. The van der Waals surface area contributed by atoms with E-state index < -0.39 is 14.9 Å². The third kappa shape index (κ3) is 5.45. The average Bonchev–Trinajstić information content (AvgIpc) is 2.70. The van der Waals surface area contributed by atoms with Crippen LogP contribution in [0.3, 0.4) is 0 Å². The summed E-state index contributed by atoms with van der Waals surface area (Å²) in [6.45, 7) is 0. The molecule has 0 atom stereocenters. The highest BCUT2D eigenvalue weighted by Crippen LogP contribution is 2.30. The number of non-ortho nitro benzene ring substituents is 1. The highest BCUT2D eigenvalue weighted by Gasteiger charge is 2.23. The predicted molar refractivity (Wildman–Crippen MR) is 114 cm³/mol. The van der Waals surface area contributed by atoms with Gasteiger partial charge in [-0.05, 0) is 37.0 Å². The molecular formula is C19H21ClN4O4S. The molecule has 0 bridgehead atoms. The molecule has 2 aromatic carbocycles. The Bertz CT molecular complexity index is 1020. The molecule has 3 rings (SSSR count). The van der Waals surface area contributed by atoms with Crippen molar-refractivity contribution < 1.29 is 13.3 Å². The summed E-state index contributed by atoms with van der Waals surface area (Å²) in [5, 5.41) is 15.5. The van der Waals surface area contributed by atoms with E-state index in [1.165, 1.54) is 24.6 Å². The molecule has 0 radical (unpaired) electrons. The zero-order valence-electron chi connectivity index (χ0n) is 15.5. The summed E-state index contributed by atoms with van der Waals surface area (Å²) < 4.78 is 28.2. The van der Waals surface area contributed by atoms with Gasteiger partial charge >= 0.3 is 0 Å². The highest BCUT2D eigenvalue weighted by molar-refractivity contribution is 7.93. The lowest BCUT2D eigenvalue weighted by Crippen LogP contribution is -2.15. The Morgan fingerprint density at radius 3 is 2.52 bits per heavy atom. The topological polar surface area (TPSA) is 114 Å². The van der Waals surface area contributed by atoms with Crippen molar-refractivity contribution in [3.05, 3.63) is 57.6 Å². The molecule has 10 heteroatoms. The number of hydrogen-bond donors (Lipinski definition) is 2. The minimum Gasteiger partial charge on any atom is -0.278 e. The van der Waals surface area contributed by atoms with Gasteiger partial charge in [0.25, 0.3) is 15.7 Å². The first-order chi connectivity index (χ1) is 13.9. The number of rotatable bonds is 7. The van der Waals surface area contributed by atoms with Gasteiger partial charge in [-0.3, -0.25) is 20.3 Å². The molecule has 1 saturated carbocycles. The van der Waals surface area contributed by atoms with E-state index in [-0.39, 0.29) is 27.0 Å². The first-order valence-corrected chi connectivity index (χ1v) is 11.1. The standard InChI is InChI=1S/C19H21ClN4O4S/c20-16-8-4-5-9-17(16)23-29(27,28)19-12-15(24(25)26)10-11-18(19)22-21-13-14-6-2-1-3-7-14/h4-5,8-14,22-23H,1-3,6-7H2. The lowest BCUT2D eigenvalue weighted by atomic mass is 9.90. The van der Waals surface area contributed by atoms with Gasteiger partial charge < -0.3 is 0 Å². The maximum absolute atomic E-state index is 12.9. The van der Waals surface area contributed by atoms with E-state index in [1.807, 2.05) is 0 Å². The van der Waals surface area contributed by atoms with Crippen molar-refractivity contribution >= 4 is 44.9 Å². The first-order valence-electron chi connectivity index (χ1n) is 9.22. The van der Waals surface area contributed by atoms with E-state index in [2.05, 4.69) is 15.2 Å². The summed E-state index contributed by atoms with van der Waals surface area (Å²) in [4.78, 5) is 10.2. The molecular weight excluding hydrogens is 416 g/mol. The third-order valence-corrected chi connectivity index (χ3v) is 6.44. The summed E-state index contributed by atoms with van der Waals surface area (Å²) >= 11 is 6.03. The molecule has 0 aliphatic heterocycles. The average molecular weight is 437 g/mol. The van der Waals surface area contributed by atoms with Gasteiger partial charge in [0.1, 0.15) is 4.90 Å². The Kier molecular flexibility index (Phi) is 6.71. The second-order valence-electron chi connectivity index (χ2n) is 6.81. The van der Waals surface area contributed by atoms with Crippen LogP contribution in [-0.2, 0) is 10.0 Å². The van der Waals surface area contributed by atoms with E-state index in [4.69, 9.17) is 11.6 Å². The van der Waals surface area contributed by atoms with Crippen LogP contribution in [0.2, 0.25) is 5.02 Å². The molecule has 0 saturated heterocycles. The van der Waals surface area contributed by atoms with Gasteiger partial charge in [-0.15, -0.1) is 0 Å². The van der Waals surface area contributed by atoms with Gasteiger partial charge in [0, 0.05) is 18.3 Å². The van der Waals surface area contributed by atoms with E-state index in [1.54, 1.807) is 24.4 Å². The lowest BCUT2D eigenvalue weighted by Gasteiger charge is -2.17. The molecule has 0 aromatic heterocycles.